The maximum absolute atomic E-state index is 11.8. The molecule has 0 amide bonds. The molecule has 2 bridgehead atoms. The van der Waals surface area contributed by atoms with Crippen molar-refractivity contribution < 1.29 is 14.3 Å². The molecular formula is C14H22O3. The third-order valence-electron chi connectivity index (χ3n) is 3.92. The Balaban J connectivity index is 1.92. The number of ketones is 1. The largest absolute Gasteiger partial charge is 0.460 e. The Hall–Kier alpha value is -0.860. The number of rotatable bonds is 2. The predicted molar refractivity (Wildman–Crippen MR) is 64.4 cm³/mol. The van der Waals surface area contributed by atoms with Crippen LogP contribution in [0.3, 0.4) is 0 Å². The number of carbonyl (C=O) groups is 2. The summed E-state index contributed by atoms with van der Waals surface area (Å²) < 4.78 is 5.37. The van der Waals surface area contributed by atoms with Crippen LogP contribution in [0.4, 0.5) is 0 Å². The molecule has 2 unspecified atom stereocenters. The summed E-state index contributed by atoms with van der Waals surface area (Å²) in [6, 6.07) is 0. The highest BCUT2D eigenvalue weighted by Crippen LogP contribution is 2.47. The van der Waals surface area contributed by atoms with Gasteiger partial charge < -0.3 is 4.74 Å². The van der Waals surface area contributed by atoms with Gasteiger partial charge in [0.2, 0.25) is 0 Å². The fourth-order valence-corrected chi connectivity index (χ4v) is 3.33. The first-order valence-corrected chi connectivity index (χ1v) is 6.59. The van der Waals surface area contributed by atoms with Crippen molar-refractivity contribution in [3.8, 4) is 0 Å². The summed E-state index contributed by atoms with van der Waals surface area (Å²) in [5.41, 5.74) is -0.402. The van der Waals surface area contributed by atoms with E-state index in [2.05, 4.69) is 0 Å². The van der Waals surface area contributed by atoms with Gasteiger partial charge in [0.05, 0.1) is 0 Å². The quantitative estimate of drug-likeness (QED) is 0.695. The summed E-state index contributed by atoms with van der Waals surface area (Å²) in [6.45, 7) is 5.68. The van der Waals surface area contributed by atoms with Gasteiger partial charge in [-0.3, -0.25) is 9.59 Å². The van der Waals surface area contributed by atoms with Crippen molar-refractivity contribution >= 4 is 11.8 Å². The fourth-order valence-electron chi connectivity index (χ4n) is 3.33. The zero-order valence-corrected chi connectivity index (χ0v) is 11.0. The van der Waals surface area contributed by atoms with Gasteiger partial charge in [-0.25, -0.2) is 0 Å². The van der Waals surface area contributed by atoms with Gasteiger partial charge in [0, 0.05) is 19.3 Å². The van der Waals surface area contributed by atoms with Crippen molar-refractivity contribution in [1.82, 2.24) is 0 Å². The Morgan fingerprint density at radius 2 is 1.76 bits per heavy atom. The average molecular weight is 238 g/mol. The van der Waals surface area contributed by atoms with Crippen LogP contribution in [0, 0.1) is 17.8 Å². The van der Waals surface area contributed by atoms with Crippen molar-refractivity contribution in [1.29, 1.82) is 0 Å². The summed E-state index contributed by atoms with van der Waals surface area (Å²) in [6.07, 6.45) is 4.10. The molecule has 3 nitrogen and oxygen atoms in total. The second-order valence-electron chi connectivity index (χ2n) is 6.50. The minimum Gasteiger partial charge on any atom is -0.460 e. The molecule has 0 radical (unpaired) electrons. The predicted octanol–water partition coefficient (Wildman–Crippen LogP) is 2.72. The molecule has 3 heteroatoms. The molecule has 2 fully saturated rings. The minimum atomic E-state index is -0.402. The van der Waals surface area contributed by atoms with Gasteiger partial charge in [0.15, 0.2) is 0 Å². The van der Waals surface area contributed by atoms with E-state index in [9.17, 15) is 9.59 Å². The molecule has 0 aromatic carbocycles. The molecule has 17 heavy (non-hydrogen) atoms. The number of esters is 1. The Labute approximate surface area is 103 Å². The standard InChI is InChI=1S/C14H22O3/c1-14(2,3)17-13(16)8-12-9-4-5-10(12)7-11(15)6-9/h9-10,12H,4-8H2,1-3H3. The van der Waals surface area contributed by atoms with Crippen LogP contribution in [0.15, 0.2) is 0 Å². The summed E-state index contributed by atoms with van der Waals surface area (Å²) >= 11 is 0. The number of carbonyl (C=O) groups excluding carboxylic acids is 2. The lowest BCUT2D eigenvalue weighted by atomic mass is 9.76. The molecule has 96 valence electrons. The van der Waals surface area contributed by atoms with Gasteiger partial charge >= 0.3 is 5.97 Å². The molecule has 0 N–H and O–H groups in total. The second kappa shape index (κ2) is 4.43. The third-order valence-corrected chi connectivity index (χ3v) is 3.92. The molecule has 2 atom stereocenters. The SMILES string of the molecule is CC(C)(C)OC(=O)CC1C2CCC1CC(=O)C2. The fraction of sp³-hybridized carbons (Fsp3) is 0.857. The maximum Gasteiger partial charge on any atom is 0.306 e. The van der Waals surface area contributed by atoms with Crippen molar-refractivity contribution in [2.24, 2.45) is 17.8 Å². The lowest BCUT2D eigenvalue weighted by Crippen LogP contribution is -2.31. The smallest absolute Gasteiger partial charge is 0.306 e. The molecule has 2 aliphatic carbocycles. The number of fused-ring (bicyclic) bond motifs is 2. The number of hydrogen-bond donors (Lipinski definition) is 0. The first kappa shape index (κ1) is 12.6. The highest BCUT2D eigenvalue weighted by molar-refractivity contribution is 5.80. The van der Waals surface area contributed by atoms with Crippen LogP contribution < -0.4 is 0 Å². The van der Waals surface area contributed by atoms with Crippen molar-refractivity contribution in [3.05, 3.63) is 0 Å². The van der Waals surface area contributed by atoms with Gasteiger partial charge in [0.25, 0.3) is 0 Å². The number of Topliss-reactive ketones (excluding diaryl/α,β-unsaturated/α-hetero) is 1. The molecular weight excluding hydrogens is 216 g/mol. The number of ether oxygens (including phenoxy) is 1. The minimum absolute atomic E-state index is 0.103. The van der Waals surface area contributed by atoms with Crippen LogP contribution in [0.1, 0.15) is 52.9 Å². The zero-order valence-electron chi connectivity index (χ0n) is 11.0. The van der Waals surface area contributed by atoms with Gasteiger partial charge in [-0.2, -0.15) is 0 Å². The van der Waals surface area contributed by atoms with E-state index in [1.54, 1.807) is 0 Å². The summed E-state index contributed by atoms with van der Waals surface area (Å²) in [5, 5.41) is 0. The van der Waals surface area contributed by atoms with Crippen LogP contribution in [-0.2, 0) is 14.3 Å². The van der Waals surface area contributed by atoms with Gasteiger partial charge in [-0.1, -0.05) is 0 Å². The average Bonchev–Trinajstić information content (AvgIpc) is 2.42. The Kier molecular flexibility index (Phi) is 3.28. The van der Waals surface area contributed by atoms with Crippen LogP contribution in [0.5, 0.6) is 0 Å². The van der Waals surface area contributed by atoms with Gasteiger partial charge in [-0.05, 0) is 51.4 Å². The Morgan fingerprint density at radius 3 is 2.24 bits per heavy atom. The van der Waals surface area contributed by atoms with E-state index in [1.807, 2.05) is 20.8 Å². The molecule has 2 aliphatic rings. The molecule has 2 rings (SSSR count). The lowest BCUT2D eigenvalue weighted by Gasteiger charge is -2.29. The first-order chi connectivity index (χ1) is 7.85. The molecule has 0 aromatic heterocycles. The van der Waals surface area contributed by atoms with Gasteiger partial charge in [0.1, 0.15) is 11.4 Å². The van der Waals surface area contributed by atoms with E-state index in [0.29, 0.717) is 42.8 Å². The molecule has 0 aromatic rings. The molecule has 0 heterocycles. The van der Waals surface area contributed by atoms with Crippen molar-refractivity contribution in [2.75, 3.05) is 0 Å². The van der Waals surface area contributed by atoms with E-state index in [-0.39, 0.29) is 5.97 Å². The summed E-state index contributed by atoms with van der Waals surface area (Å²) in [7, 11) is 0. The topological polar surface area (TPSA) is 43.4 Å². The molecule has 0 spiro atoms. The first-order valence-electron chi connectivity index (χ1n) is 6.59. The van der Waals surface area contributed by atoms with Crippen molar-refractivity contribution in [3.63, 3.8) is 0 Å². The van der Waals surface area contributed by atoms with E-state index in [0.717, 1.165) is 12.8 Å². The summed E-state index contributed by atoms with van der Waals surface area (Å²) in [5.74, 6) is 1.55. The highest BCUT2D eigenvalue weighted by Gasteiger charge is 2.43. The molecule has 0 saturated heterocycles. The van der Waals surface area contributed by atoms with E-state index in [1.165, 1.54) is 0 Å². The second-order valence-corrected chi connectivity index (χ2v) is 6.50. The van der Waals surface area contributed by atoms with Crippen molar-refractivity contribution in [2.45, 2.75) is 58.5 Å². The zero-order chi connectivity index (χ0) is 12.6. The van der Waals surface area contributed by atoms with Crippen LogP contribution in [0.25, 0.3) is 0 Å². The summed E-state index contributed by atoms with van der Waals surface area (Å²) in [4.78, 5) is 23.3. The monoisotopic (exact) mass is 238 g/mol. The highest BCUT2D eigenvalue weighted by atomic mass is 16.6. The number of hydrogen-bond acceptors (Lipinski definition) is 3. The van der Waals surface area contributed by atoms with E-state index >= 15 is 0 Å². The maximum atomic E-state index is 11.8. The van der Waals surface area contributed by atoms with Crippen LogP contribution in [0.2, 0.25) is 0 Å². The van der Waals surface area contributed by atoms with E-state index < -0.39 is 5.60 Å². The van der Waals surface area contributed by atoms with Crippen LogP contribution in [-0.4, -0.2) is 17.4 Å². The van der Waals surface area contributed by atoms with Gasteiger partial charge in [-0.15, -0.1) is 0 Å². The molecule has 0 aliphatic heterocycles. The lowest BCUT2D eigenvalue weighted by molar-refractivity contribution is -0.157. The van der Waals surface area contributed by atoms with Crippen LogP contribution >= 0.6 is 0 Å². The van der Waals surface area contributed by atoms with E-state index in [4.69, 9.17) is 4.74 Å². The molecule has 2 saturated carbocycles. The Bertz CT molecular complexity index is 311. The Morgan fingerprint density at radius 1 is 1.24 bits per heavy atom. The third kappa shape index (κ3) is 3.08. The normalized spacial score (nSPS) is 32.6.